The zero-order valence-electron chi connectivity index (χ0n) is 15.3. The molecule has 2 aromatic carbocycles. The minimum absolute atomic E-state index is 0.222. The fourth-order valence-corrected chi connectivity index (χ4v) is 2.29. The molecule has 7 nitrogen and oxygen atoms in total. The van der Waals surface area contributed by atoms with E-state index < -0.39 is 13.1 Å². The van der Waals surface area contributed by atoms with E-state index in [-0.39, 0.29) is 6.42 Å². The summed E-state index contributed by atoms with van der Waals surface area (Å²) in [6.45, 7) is 3.22. The van der Waals surface area contributed by atoms with E-state index in [4.69, 9.17) is 25.0 Å². The van der Waals surface area contributed by atoms with Gasteiger partial charge in [-0.25, -0.2) is 0 Å². The Morgan fingerprint density at radius 3 is 2.63 bits per heavy atom. The third-order valence-electron chi connectivity index (χ3n) is 3.74. The average molecular weight is 373 g/mol. The van der Waals surface area contributed by atoms with Gasteiger partial charge in [0.15, 0.2) is 0 Å². The molecule has 0 aromatic heterocycles. The fourth-order valence-electron chi connectivity index (χ4n) is 2.29. The average Bonchev–Trinajstić information content (AvgIpc) is 3.03. The lowest BCUT2D eigenvalue weighted by molar-refractivity contribution is -0.136. The molecule has 1 aliphatic heterocycles. The molecule has 0 saturated carbocycles. The van der Waals surface area contributed by atoms with Crippen LogP contribution in [0, 0.1) is 0 Å². The Morgan fingerprint density at radius 2 is 1.93 bits per heavy atom. The fraction of sp³-hybridized carbons (Fsp3) is 0.316. The van der Waals surface area contributed by atoms with E-state index >= 15 is 0 Å². The van der Waals surface area contributed by atoms with Crippen LogP contribution in [0.15, 0.2) is 42.5 Å². The largest absolute Gasteiger partial charge is 0.493 e. The van der Waals surface area contributed by atoms with Gasteiger partial charge in [0.05, 0.1) is 13.2 Å². The number of ether oxygens (including phenoxy) is 2. The number of nitrogens with two attached hydrogens (primary N) is 1. The number of carboxylic acid groups (broad SMARTS) is 1. The standard InChI is InChI=1S/C16H18BNO4.C3H6O2/c18-7-2-8-20-13-3-1-4-14(9-13)22-15-6-5-12-11-21-17(19)16(12)10-15;1-2-3(4)5/h1,3-6,9-10,19H,2,7-8,11,18H2;2H2,1H3,(H,4,5). The highest BCUT2D eigenvalue weighted by Crippen LogP contribution is 2.26. The molecule has 2 aromatic rings. The van der Waals surface area contributed by atoms with Crippen LogP contribution < -0.4 is 20.7 Å². The van der Waals surface area contributed by atoms with Gasteiger partial charge in [0.1, 0.15) is 17.2 Å². The molecule has 0 spiro atoms. The van der Waals surface area contributed by atoms with Gasteiger partial charge in [0.2, 0.25) is 0 Å². The lowest BCUT2D eigenvalue weighted by Crippen LogP contribution is -2.27. The highest BCUT2D eigenvalue weighted by atomic mass is 16.5. The number of rotatable bonds is 7. The van der Waals surface area contributed by atoms with Crippen molar-refractivity contribution in [3.8, 4) is 17.2 Å². The molecule has 8 heteroatoms. The van der Waals surface area contributed by atoms with Gasteiger partial charge in [-0.05, 0) is 48.3 Å². The first-order chi connectivity index (χ1) is 13.0. The summed E-state index contributed by atoms with van der Waals surface area (Å²) in [6.07, 6.45) is 1.04. The quantitative estimate of drug-likeness (QED) is 0.502. The van der Waals surface area contributed by atoms with Crippen molar-refractivity contribution in [1.29, 1.82) is 0 Å². The molecule has 0 aliphatic carbocycles. The molecule has 0 amide bonds. The van der Waals surface area contributed by atoms with Crippen LogP contribution in [0.5, 0.6) is 17.2 Å². The molecule has 1 heterocycles. The summed E-state index contributed by atoms with van der Waals surface area (Å²) in [6, 6.07) is 13.0. The van der Waals surface area contributed by atoms with Crippen LogP contribution in [0.3, 0.4) is 0 Å². The molecule has 0 fully saturated rings. The van der Waals surface area contributed by atoms with E-state index in [1.54, 1.807) is 13.0 Å². The zero-order chi connectivity index (χ0) is 19.6. The van der Waals surface area contributed by atoms with Crippen molar-refractivity contribution >= 4 is 18.6 Å². The van der Waals surface area contributed by atoms with Crippen molar-refractivity contribution in [3.05, 3.63) is 48.0 Å². The number of hydrogen-bond acceptors (Lipinski definition) is 6. The second-order valence-electron chi connectivity index (χ2n) is 5.84. The maximum Gasteiger partial charge on any atom is 0.491 e. The van der Waals surface area contributed by atoms with E-state index in [2.05, 4.69) is 0 Å². The second kappa shape index (κ2) is 10.6. The van der Waals surface area contributed by atoms with Crippen LogP contribution in [-0.4, -0.2) is 36.4 Å². The Morgan fingerprint density at radius 1 is 1.22 bits per heavy atom. The van der Waals surface area contributed by atoms with Crippen LogP contribution in [-0.2, 0) is 16.1 Å². The van der Waals surface area contributed by atoms with Crippen LogP contribution in [0.1, 0.15) is 25.3 Å². The van der Waals surface area contributed by atoms with Crippen molar-refractivity contribution in [2.24, 2.45) is 5.73 Å². The number of carbonyl (C=O) groups is 1. The Kier molecular flexibility index (Phi) is 8.13. The molecule has 144 valence electrons. The lowest BCUT2D eigenvalue weighted by Gasteiger charge is -2.10. The summed E-state index contributed by atoms with van der Waals surface area (Å²) in [4.78, 5) is 9.37. The topological polar surface area (TPSA) is 111 Å². The van der Waals surface area contributed by atoms with Crippen molar-refractivity contribution in [2.45, 2.75) is 26.4 Å². The smallest absolute Gasteiger partial charge is 0.491 e. The van der Waals surface area contributed by atoms with E-state index in [9.17, 15) is 9.82 Å². The van der Waals surface area contributed by atoms with Gasteiger partial charge in [-0.1, -0.05) is 19.1 Å². The number of fused-ring (bicyclic) bond motifs is 1. The van der Waals surface area contributed by atoms with Crippen molar-refractivity contribution in [1.82, 2.24) is 0 Å². The predicted molar refractivity (Wildman–Crippen MR) is 102 cm³/mol. The summed E-state index contributed by atoms with van der Waals surface area (Å²) < 4.78 is 16.6. The SMILES string of the molecule is CCC(=O)O.NCCCOc1cccc(Oc2ccc3c(c2)B(O)OC3)c1. The molecule has 3 rings (SSSR count). The van der Waals surface area contributed by atoms with Gasteiger partial charge in [-0.3, -0.25) is 4.79 Å². The summed E-state index contributed by atoms with van der Waals surface area (Å²) in [5.41, 5.74) is 7.19. The Labute approximate surface area is 158 Å². The predicted octanol–water partition coefficient (Wildman–Crippen LogP) is 1.91. The molecule has 27 heavy (non-hydrogen) atoms. The molecule has 0 bridgehead atoms. The zero-order valence-corrected chi connectivity index (χ0v) is 15.3. The summed E-state index contributed by atoms with van der Waals surface area (Å²) in [7, 11) is -0.871. The van der Waals surface area contributed by atoms with Crippen LogP contribution in [0.2, 0.25) is 0 Å². The highest BCUT2D eigenvalue weighted by Gasteiger charge is 2.27. The molecule has 1 aliphatic rings. The van der Waals surface area contributed by atoms with Crippen LogP contribution in [0.25, 0.3) is 0 Å². The monoisotopic (exact) mass is 373 g/mol. The van der Waals surface area contributed by atoms with Gasteiger partial charge < -0.3 is 30.0 Å². The third-order valence-corrected chi connectivity index (χ3v) is 3.74. The normalized spacial score (nSPS) is 12.0. The minimum atomic E-state index is -0.871. The summed E-state index contributed by atoms with van der Waals surface area (Å²) in [5.74, 6) is 1.33. The van der Waals surface area contributed by atoms with Gasteiger partial charge in [-0.2, -0.15) is 0 Å². The molecule has 0 radical (unpaired) electrons. The first-order valence-corrected chi connectivity index (χ1v) is 8.78. The first kappa shape index (κ1) is 20.8. The Bertz CT molecular complexity index is 755. The molecule has 4 N–H and O–H groups in total. The Hall–Kier alpha value is -2.55. The number of hydrogen-bond donors (Lipinski definition) is 3. The summed E-state index contributed by atoms with van der Waals surface area (Å²) in [5, 5.41) is 17.5. The van der Waals surface area contributed by atoms with E-state index in [0.29, 0.717) is 31.3 Å². The van der Waals surface area contributed by atoms with E-state index in [1.807, 2.05) is 36.4 Å². The number of aliphatic carboxylic acids is 1. The molecule has 0 atom stereocenters. The van der Waals surface area contributed by atoms with Crippen LogP contribution in [0.4, 0.5) is 0 Å². The number of benzene rings is 2. The highest BCUT2D eigenvalue weighted by molar-refractivity contribution is 6.61. The lowest BCUT2D eigenvalue weighted by atomic mass is 9.79. The molecular formula is C19H24BNO6. The number of carboxylic acids is 1. The first-order valence-electron chi connectivity index (χ1n) is 8.78. The maximum absolute atomic E-state index is 9.73. The summed E-state index contributed by atoms with van der Waals surface area (Å²) >= 11 is 0. The van der Waals surface area contributed by atoms with Gasteiger partial charge in [0.25, 0.3) is 0 Å². The Balaban J connectivity index is 0.000000465. The van der Waals surface area contributed by atoms with Crippen molar-refractivity contribution in [2.75, 3.05) is 13.2 Å². The molecular weight excluding hydrogens is 349 g/mol. The maximum atomic E-state index is 9.73. The molecule has 0 saturated heterocycles. The minimum Gasteiger partial charge on any atom is -0.493 e. The van der Waals surface area contributed by atoms with Gasteiger partial charge in [0, 0.05) is 12.5 Å². The third kappa shape index (κ3) is 6.60. The van der Waals surface area contributed by atoms with E-state index in [0.717, 1.165) is 23.2 Å². The van der Waals surface area contributed by atoms with Gasteiger partial charge in [-0.15, -0.1) is 0 Å². The van der Waals surface area contributed by atoms with Crippen molar-refractivity contribution in [3.63, 3.8) is 0 Å². The van der Waals surface area contributed by atoms with E-state index in [1.165, 1.54) is 0 Å². The van der Waals surface area contributed by atoms with Gasteiger partial charge >= 0.3 is 13.1 Å². The van der Waals surface area contributed by atoms with Crippen molar-refractivity contribution < 1.29 is 29.1 Å². The second-order valence-corrected chi connectivity index (χ2v) is 5.84. The molecule has 0 unspecified atom stereocenters. The van der Waals surface area contributed by atoms with Crippen LogP contribution >= 0.6 is 0 Å².